The van der Waals surface area contributed by atoms with Gasteiger partial charge in [0.05, 0.1) is 5.56 Å². The van der Waals surface area contributed by atoms with E-state index in [-0.39, 0.29) is 5.56 Å². The molecule has 0 unspecified atom stereocenters. The summed E-state index contributed by atoms with van der Waals surface area (Å²) in [7, 11) is 0. The van der Waals surface area contributed by atoms with Gasteiger partial charge in [0.15, 0.2) is 0 Å². The molecule has 0 bridgehead atoms. The van der Waals surface area contributed by atoms with Crippen molar-refractivity contribution in [2.75, 3.05) is 0 Å². The van der Waals surface area contributed by atoms with Crippen molar-refractivity contribution in [3.8, 4) is 5.75 Å². The highest BCUT2D eigenvalue weighted by Gasteiger charge is 2.34. The lowest BCUT2D eigenvalue weighted by Crippen LogP contribution is -2.08. The van der Waals surface area contributed by atoms with Gasteiger partial charge in [0, 0.05) is 6.07 Å². The summed E-state index contributed by atoms with van der Waals surface area (Å²) in [6, 6.07) is 1.03. The minimum Gasteiger partial charge on any atom is -0.508 e. The molecule has 1 rings (SSSR count). The van der Waals surface area contributed by atoms with E-state index in [0.29, 0.717) is 12.1 Å². The standard InChI is InChI=1S/C8H6F4O.C2H6/c1-4-2-5(8(10,11)12)6(9)3-7(4)13;1-2/h2-3,13H,1H3;1-2H3. The van der Waals surface area contributed by atoms with Crippen LogP contribution in [0.5, 0.6) is 5.75 Å². The van der Waals surface area contributed by atoms with E-state index in [4.69, 9.17) is 5.11 Å². The minimum absolute atomic E-state index is 0.00581. The number of hydrogen-bond acceptors (Lipinski definition) is 1. The molecule has 86 valence electrons. The van der Waals surface area contributed by atoms with Crippen molar-refractivity contribution in [3.05, 3.63) is 29.1 Å². The largest absolute Gasteiger partial charge is 0.508 e. The average Bonchev–Trinajstić information content (AvgIpc) is 2.13. The van der Waals surface area contributed by atoms with Crippen LogP contribution in [0, 0.1) is 12.7 Å². The van der Waals surface area contributed by atoms with Gasteiger partial charge in [0.1, 0.15) is 11.6 Å². The van der Waals surface area contributed by atoms with E-state index in [1.165, 1.54) is 6.92 Å². The van der Waals surface area contributed by atoms with Crippen LogP contribution in [0.1, 0.15) is 25.0 Å². The average molecular weight is 224 g/mol. The van der Waals surface area contributed by atoms with Gasteiger partial charge in [-0.25, -0.2) is 4.39 Å². The first-order chi connectivity index (χ1) is 6.82. The molecule has 0 amide bonds. The number of aromatic hydroxyl groups is 1. The Hall–Kier alpha value is -1.26. The molecule has 0 saturated heterocycles. The molecule has 1 nitrogen and oxygen atoms in total. The third-order valence-corrected chi connectivity index (χ3v) is 1.59. The van der Waals surface area contributed by atoms with Gasteiger partial charge in [-0.2, -0.15) is 13.2 Å². The second-order valence-electron chi connectivity index (χ2n) is 2.62. The van der Waals surface area contributed by atoms with Crippen LogP contribution in [-0.2, 0) is 6.18 Å². The molecular weight excluding hydrogens is 212 g/mol. The van der Waals surface area contributed by atoms with E-state index in [2.05, 4.69) is 0 Å². The maximum atomic E-state index is 12.6. The van der Waals surface area contributed by atoms with Crippen LogP contribution in [0.2, 0.25) is 0 Å². The lowest BCUT2D eigenvalue weighted by Gasteiger charge is -2.09. The zero-order chi connectivity index (χ0) is 12.2. The zero-order valence-electron chi connectivity index (χ0n) is 8.61. The Morgan fingerprint density at radius 2 is 1.60 bits per heavy atom. The van der Waals surface area contributed by atoms with Crippen LogP contribution >= 0.6 is 0 Å². The minimum atomic E-state index is -4.72. The van der Waals surface area contributed by atoms with E-state index < -0.39 is 23.3 Å². The highest BCUT2D eigenvalue weighted by molar-refractivity contribution is 5.37. The molecule has 1 aromatic rings. The van der Waals surface area contributed by atoms with Gasteiger partial charge in [-0.05, 0) is 18.6 Å². The lowest BCUT2D eigenvalue weighted by molar-refractivity contribution is -0.140. The number of alkyl halides is 3. The molecule has 0 aliphatic rings. The Bertz CT molecular complexity index is 331. The Labute approximate surface area is 85.4 Å². The Kier molecular flexibility index (Phi) is 4.58. The molecular formula is C10H12F4O. The zero-order valence-corrected chi connectivity index (χ0v) is 8.61. The summed E-state index contributed by atoms with van der Waals surface area (Å²) in [6.45, 7) is 5.27. The van der Waals surface area contributed by atoms with Crippen LogP contribution < -0.4 is 0 Å². The van der Waals surface area contributed by atoms with Gasteiger partial charge in [0.25, 0.3) is 0 Å². The highest BCUT2D eigenvalue weighted by Crippen LogP contribution is 2.34. The second kappa shape index (κ2) is 5.00. The molecule has 15 heavy (non-hydrogen) atoms. The molecule has 0 aromatic heterocycles. The second-order valence-corrected chi connectivity index (χ2v) is 2.62. The predicted octanol–water partition coefficient (Wildman–Crippen LogP) is 3.88. The number of rotatable bonds is 0. The molecule has 0 saturated carbocycles. The third kappa shape index (κ3) is 3.42. The number of aryl methyl sites for hydroxylation is 1. The maximum Gasteiger partial charge on any atom is 0.419 e. The Balaban J connectivity index is 0.000000921. The quantitative estimate of drug-likeness (QED) is 0.663. The van der Waals surface area contributed by atoms with Crippen molar-refractivity contribution in [1.29, 1.82) is 0 Å². The summed E-state index contributed by atoms with van der Waals surface area (Å²) in [4.78, 5) is 0. The van der Waals surface area contributed by atoms with Gasteiger partial charge in [-0.15, -0.1) is 0 Å². The van der Waals surface area contributed by atoms with Crippen LogP contribution in [0.25, 0.3) is 0 Å². The number of halogens is 4. The smallest absolute Gasteiger partial charge is 0.419 e. The normalized spacial score (nSPS) is 10.6. The maximum absolute atomic E-state index is 12.6. The lowest BCUT2D eigenvalue weighted by atomic mass is 10.1. The summed E-state index contributed by atoms with van der Waals surface area (Å²) >= 11 is 0. The third-order valence-electron chi connectivity index (χ3n) is 1.59. The van der Waals surface area contributed by atoms with Crippen molar-refractivity contribution in [3.63, 3.8) is 0 Å². The highest BCUT2D eigenvalue weighted by atomic mass is 19.4. The van der Waals surface area contributed by atoms with E-state index in [1.807, 2.05) is 13.8 Å². The van der Waals surface area contributed by atoms with E-state index in [1.54, 1.807) is 0 Å². The molecule has 5 heteroatoms. The van der Waals surface area contributed by atoms with E-state index in [0.717, 1.165) is 0 Å². The fourth-order valence-electron chi connectivity index (χ4n) is 0.888. The van der Waals surface area contributed by atoms with Crippen LogP contribution in [0.15, 0.2) is 12.1 Å². The van der Waals surface area contributed by atoms with Crippen LogP contribution in [0.4, 0.5) is 17.6 Å². The first-order valence-corrected chi connectivity index (χ1v) is 4.38. The van der Waals surface area contributed by atoms with Crippen molar-refractivity contribution in [2.45, 2.75) is 26.9 Å². The Morgan fingerprint density at radius 1 is 1.13 bits per heavy atom. The summed E-state index contributed by atoms with van der Waals surface area (Å²) in [5.74, 6) is -1.94. The van der Waals surface area contributed by atoms with Gasteiger partial charge >= 0.3 is 6.18 Å². The molecule has 1 aromatic carbocycles. The number of phenolic OH excluding ortho intramolecular Hbond substituents is 1. The number of phenols is 1. The SMILES string of the molecule is CC.Cc1cc(C(F)(F)F)c(F)cc1O. The predicted molar refractivity (Wildman–Crippen MR) is 49.2 cm³/mol. The van der Waals surface area contributed by atoms with Gasteiger partial charge in [-0.3, -0.25) is 0 Å². The molecule has 0 spiro atoms. The molecule has 0 fully saturated rings. The fraction of sp³-hybridized carbons (Fsp3) is 0.400. The summed E-state index contributed by atoms with van der Waals surface area (Å²) in [5, 5.41) is 8.88. The Morgan fingerprint density at radius 3 is 2.00 bits per heavy atom. The topological polar surface area (TPSA) is 20.2 Å². The van der Waals surface area contributed by atoms with Gasteiger partial charge in [0.2, 0.25) is 0 Å². The van der Waals surface area contributed by atoms with E-state index >= 15 is 0 Å². The molecule has 0 aliphatic carbocycles. The van der Waals surface area contributed by atoms with Crippen molar-refractivity contribution < 1.29 is 22.7 Å². The summed E-state index contributed by atoms with van der Waals surface area (Å²) in [6.07, 6.45) is -4.72. The van der Waals surface area contributed by atoms with Crippen LogP contribution in [-0.4, -0.2) is 5.11 Å². The van der Waals surface area contributed by atoms with Gasteiger partial charge < -0.3 is 5.11 Å². The molecule has 0 atom stereocenters. The van der Waals surface area contributed by atoms with Crippen molar-refractivity contribution in [1.82, 2.24) is 0 Å². The molecule has 0 radical (unpaired) electrons. The van der Waals surface area contributed by atoms with Crippen LogP contribution in [0.3, 0.4) is 0 Å². The van der Waals surface area contributed by atoms with Crippen molar-refractivity contribution >= 4 is 0 Å². The summed E-state index contributed by atoms with van der Waals surface area (Å²) in [5.41, 5.74) is -1.36. The van der Waals surface area contributed by atoms with Crippen molar-refractivity contribution in [2.24, 2.45) is 0 Å². The van der Waals surface area contributed by atoms with E-state index in [9.17, 15) is 17.6 Å². The monoisotopic (exact) mass is 224 g/mol. The van der Waals surface area contributed by atoms with Gasteiger partial charge in [-0.1, -0.05) is 13.8 Å². The number of hydrogen-bond donors (Lipinski definition) is 1. The first-order valence-electron chi connectivity index (χ1n) is 4.38. The molecule has 0 heterocycles. The first kappa shape index (κ1) is 13.7. The fourth-order valence-corrected chi connectivity index (χ4v) is 0.888. The molecule has 1 N–H and O–H groups in total. The molecule has 0 aliphatic heterocycles. The number of benzene rings is 1. The summed E-state index contributed by atoms with van der Waals surface area (Å²) < 4.78 is 48.8.